The molecule has 7 aromatic heterocycles. The van der Waals surface area contributed by atoms with Gasteiger partial charge in [-0.2, -0.15) is 0 Å². The largest absolute Gasteiger partial charge is 0.458 e. The third kappa shape index (κ3) is 15.6. The highest BCUT2D eigenvalue weighted by molar-refractivity contribution is 6.00. The number of Topliss-reactive ketones (excluding diaryl/α,β-unsaturated/α-hetero) is 1. The third-order valence-corrected chi connectivity index (χ3v) is 30.9. The van der Waals surface area contributed by atoms with Gasteiger partial charge in [-0.15, -0.1) is 0 Å². The van der Waals surface area contributed by atoms with Crippen LogP contribution in [0.5, 0.6) is 0 Å². The summed E-state index contributed by atoms with van der Waals surface area (Å²) < 4.78 is 86.9. The summed E-state index contributed by atoms with van der Waals surface area (Å²) in [6.07, 6.45) is 5.66. The number of nitrogens with two attached hydrogens (primary N) is 1. The van der Waals surface area contributed by atoms with Crippen molar-refractivity contribution >= 4 is 78.8 Å². The Morgan fingerprint density at radius 1 is 0.490 bits per heavy atom. The van der Waals surface area contributed by atoms with Crippen LogP contribution in [0, 0.1) is 48.3 Å². The summed E-state index contributed by atoms with van der Waals surface area (Å²) in [5.41, 5.74) is 18.8. The van der Waals surface area contributed by atoms with E-state index in [4.69, 9.17) is 44.1 Å². The second kappa shape index (κ2) is 34.8. The molecule has 6 N–H and O–H groups in total. The summed E-state index contributed by atoms with van der Waals surface area (Å²) in [7, 11) is 0. The van der Waals surface area contributed by atoms with Crippen LogP contribution in [0.15, 0.2) is 92.0 Å². The minimum Gasteiger partial charge on any atom is -0.458 e. The molecule has 33 heteroatoms. The fourth-order valence-corrected chi connectivity index (χ4v) is 24.5. The van der Waals surface area contributed by atoms with Crippen LogP contribution in [-0.4, -0.2) is 107 Å². The summed E-state index contributed by atoms with van der Waals surface area (Å²) in [5.74, 6) is -3.16. The lowest BCUT2D eigenvalue weighted by Crippen LogP contribution is -2.49. The number of nitrogens with zero attached hydrogens (tertiary/aromatic N) is 8. The van der Waals surface area contributed by atoms with E-state index in [9.17, 15) is 72.3 Å². The Labute approximate surface area is 832 Å². The van der Waals surface area contributed by atoms with E-state index in [1.165, 1.54) is 24.3 Å². The second-order valence-electron chi connectivity index (χ2n) is 44.1. The van der Waals surface area contributed by atoms with Crippen LogP contribution in [0.25, 0.3) is 88.9 Å². The number of halogens is 3. The molecule has 7 aliphatic heterocycles. The van der Waals surface area contributed by atoms with Crippen molar-refractivity contribution in [2.24, 2.45) is 5.73 Å². The Morgan fingerprint density at radius 2 is 0.910 bits per heavy atom. The Morgan fingerprint density at radius 3 is 1.39 bits per heavy atom. The molecule has 4 aliphatic carbocycles. The highest BCUT2D eigenvalue weighted by atomic mass is 19.1. The van der Waals surface area contributed by atoms with Gasteiger partial charge in [-0.25, -0.2) is 42.5 Å². The van der Waals surface area contributed by atoms with Gasteiger partial charge in [0.25, 0.3) is 27.9 Å². The molecule has 7 atom stereocenters. The number of hydrogen-bond acceptors (Lipinski definition) is 24. The molecule has 0 radical (unpaired) electrons. The topological polar surface area (TPSA) is 401 Å². The van der Waals surface area contributed by atoms with E-state index in [2.05, 4.69) is 36.4 Å². The zero-order valence-electron chi connectivity index (χ0n) is 84.9. The first-order valence-corrected chi connectivity index (χ1v) is 49.9. The zero-order chi connectivity index (χ0) is 104. The molecule has 0 saturated heterocycles. The number of rotatable bonds is 11. The first-order chi connectivity index (χ1) is 68.4. The highest BCUT2D eigenvalue weighted by Gasteiger charge is 2.55. The van der Waals surface area contributed by atoms with Crippen LogP contribution < -0.4 is 38.6 Å². The molecule has 11 aliphatic rings. The predicted molar refractivity (Wildman–Crippen MR) is 536 cm³/mol. The Bertz CT molecular complexity index is 8070. The van der Waals surface area contributed by atoms with E-state index in [0.29, 0.717) is 192 Å². The monoisotopic (exact) mass is 1980 g/mol. The maximum Gasteiger partial charge on any atom is 0.343 e. The predicted octanol–water partition coefficient (Wildman–Crippen LogP) is 16.5. The lowest BCUT2D eigenvalue weighted by Gasteiger charge is -2.40. The minimum absolute atomic E-state index is 0.0343. The van der Waals surface area contributed by atoms with Crippen molar-refractivity contribution in [3.05, 3.63) is 259 Å². The minimum atomic E-state index is -1.66. The van der Waals surface area contributed by atoms with Crippen molar-refractivity contribution in [3.63, 3.8) is 0 Å². The number of ketones is 1. The standard InChI is InChI=1S/C31H33FN2O6.C29H32FN3O3.C28H30FN3O4.C24H23N3O6/c1-6-31(40-30(3,4)5)21-11-24-18-9-16-10-22(32)15(2)17-7-8-23(33-25(36)13-35)27(26(16)17)19(18)12-34(24)28(37)20(21)14-39-29(31)38;1-6-29(36)18-11-22-26-17(13-33(22)27(35)16(18)8-10-23(29)34)25-20(32-28(3,4)5)9-7-15-14(2)19(30)12-21(31-26)24(15)25;1-6-28(36-27(3,4)5)17-9-21-24-15(11-32(21)25(33)16(17)12-35-26(28)34)22-19(30)8-7-14-13(2)18(29)10-20(31-24)23(14)22;1-5-24(33-23(2,3)4)16-10-19-20-13(11-26(19)21(28)15(16)12-32-22(24)29)9-14-17(25-20)7-6-8-18(14)27(30)31/h9-11,23,35H,6-8,12-14H2,1-5H3,(H,33,36);11-12,20,32,36H,6-10,13H2,1-5H3;9-10,19H,6-8,11-12,30H2,1-5H3;6-10H,5,11-12H2,1-4H3/t23-,31-;20-,29-;19-,28-;24-/m0000/s1. The molecule has 0 saturated carbocycles. The van der Waals surface area contributed by atoms with Crippen molar-refractivity contribution in [1.29, 1.82) is 0 Å². The number of cyclic esters (lactones) is 3. The smallest absolute Gasteiger partial charge is 0.343 e. The number of esters is 3. The molecule has 23 rings (SSSR count). The van der Waals surface area contributed by atoms with Crippen LogP contribution >= 0.6 is 0 Å². The Kier molecular flexibility index (Phi) is 23.8. The van der Waals surface area contributed by atoms with Crippen molar-refractivity contribution in [2.75, 3.05) is 6.61 Å². The highest BCUT2D eigenvalue weighted by Crippen LogP contribution is 2.54. The summed E-state index contributed by atoms with van der Waals surface area (Å²) in [6, 6.07) is 19.5. The van der Waals surface area contributed by atoms with E-state index >= 15 is 4.39 Å². The van der Waals surface area contributed by atoms with E-state index in [-0.39, 0.29) is 121 Å². The number of carbonyl (C=O) groups excluding carboxylic acids is 5. The molecular weight excluding hydrogens is 1860 g/mol. The molecule has 5 aromatic carbocycles. The molecule has 756 valence electrons. The fraction of sp³-hybridized carbons (Fsp3) is 0.446. The molecule has 145 heavy (non-hydrogen) atoms. The number of nitro benzene ring substituents is 1. The number of pyridine rings is 7. The Hall–Kier alpha value is -13.2. The number of carbonyl (C=O) groups is 5. The summed E-state index contributed by atoms with van der Waals surface area (Å²) in [4.78, 5) is 145. The number of aryl methyl sites for hydroxylation is 3. The zero-order valence-corrected chi connectivity index (χ0v) is 84.9. The van der Waals surface area contributed by atoms with Crippen LogP contribution in [0.4, 0.5) is 18.9 Å². The van der Waals surface area contributed by atoms with Gasteiger partial charge in [0, 0.05) is 103 Å². The van der Waals surface area contributed by atoms with Gasteiger partial charge in [0.15, 0.2) is 22.6 Å². The van der Waals surface area contributed by atoms with Gasteiger partial charge in [-0.05, 0) is 289 Å². The second-order valence-corrected chi connectivity index (χ2v) is 44.1. The molecule has 14 heterocycles. The molecule has 0 spiro atoms. The van der Waals surface area contributed by atoms with Crippen molar-refractivity contribution in [1.82, 2.24) is 43.9 Å². The lowest BCUT2D eigenvalue weighted by atomic mass is 9.77. The maximum absolute atomic E-state index is 15.1. The van der Waals surface area contributed by atoms with Gasteiger partial charge in [0.1, 0.15) is 49.5 Å². The number of aliphatic hydroxyl groups is 2. The normalized spacial score (nSPS) is 21.3. The van der Waals surface area contributed by atoms with Crippen LogP contribution in [0.2, 0.25) is 0 Å². The van der Waals surface area contributed by atoms with E-state index in [1.54, 1.807) is 69.4 Å². The van der Waals surface area contributed by atoms with E-state index < -0.39 is 80.6 Å². The molecule has 1 amide bonds. The quantitative estimate of drug-likeness (QED) is 0.0347. The Balaban J connectivity index is 0.000000118. The number of nitro groups is 1. The maximum atomic E-state index is 15.1. The summed E-state index contributed by atoms with van der Waals surface area (Å²) in [5, 5.41) is 42.8. The van der Waals surface area contributed by atoms with E-state index in [0.717, 1.165) is 84.6 Å². The number of hydrogen-bond donors (Lipinski definition) is 5. The van der Waals surface area contributed by atoms with Crippen LogP contribution in [-0.2, 0) is 146 Å². The molecule has 30 nitrogen and oxygen atoms in total. The average Bonchev–Trinajstić information content (AvgIpc) is 1.56. The van der Waals surface area contributed by atoms with Crippen molar-refractivity contribution in [3.8, 4) is 45.4 Å². The molecule has 0 fully saturated rings. The van der Waals surface area contributed by atoms with E-state index in [1.807, 2.05) is 108 Å². The number of aliphatic hydroxyl groups excluding tert-OH is 1. The number of benzene rings is 5. The number of ether oxygens (including phenoxy) is 6. The van der Waals surface area contributed by atoms with Crippen molar-refractivity contribution < 1.29 is 80.7 Å². The SMILES string of the molecule is CC[C@@]1(O)C(=O)CCc2c1cc1n(c2=O)Cc2c-1nc1cc(F)c(C)c3c1c2[C@@H](NC(C)(C)C)CC3.CC[C@@]1(OC(C)(C)C)C(=O)OCc2c1cc1n(c2=O)Cc2c-1cc1cc(F)c(C)c3c1c2[C@@H](NC(=O)CO)CC3.CC[C@@]1(OC(C)(C)C)C(=O)OCc2c1cc1n(c2=O)Cc2c-1nc1cc(F)c(C)c3c1c2[C@@H](N)CC3.CC[C@@]1(OC(C)(C)C)C(=O)OCc2c1cc1n(c2=O)Cc2cc3c([N+](=O)[O-])cccc3nc2-1. The fourth-order valence-electron chi connectivity index (χ4n) is 24.5. The first-order valence-electron chi connectivity index (χ1n) is 49.9. The number of aromatic nitrogens is 7. The van der Waals surface area contributed by atoms with Gasteiger partial charge in [0.05, 0.1) is 132 Å². The van der Waals surface area contributed by atoms with Gasteiger partial charge < -0.3 is 73.3 Å². The summed E-state index contributed by atoms with van der Waals surface area (Å²) in [6.45, 7) is 36.0. The number of nitrogens with one attached hydrogen (secondary N) is 2. The van der Waals surface area contributed by atoms with Gasteiger partial charge in [0.2, 0.25) is 5.91 Å². The average molecular weight is 1980 g/mol. The summed E-state index contributed by atoms with van der Waals surface area (Å²) >= 11 is 0. The number of non-ortho nitro benzene ring substituents is 1. The lowest BCUT2D eigenvalue weighted by molar-refractivity contribution is -0.383. The van der Waals surface area contributed by atoms with Crippen LogP contribution in [0.1, 0.15) is 297 Å². The number of fused-ring (bicyclic) bond motifs is 20. The van der Waals surface area contributed by atoms with Gasteiger partial charge in [-0.1, -0.05) is 33.8 Å². The van der Waals surface area contributed by atoms with Gasteiger partial charge >= 0.3 is 17.9 Å². The third-order valence-electron chi connectivity index (χ3n) is 30.9. The number of amides is 1. The van der Waals surface area contributed by atoms with Crippen molar-refractivity contribution in [2.45, 2.75) is 317 Å². The first kappa shape index (κ1) is 99.2. The molecule has 12 aromatic rings. The van der Waals surface area contributed by atoms with Gasteiger partial charge in [-0.3, -0.25) is 38.9 Å². The molecular formula is C112H118F3N11O19. The van der Waals surface area contributed by atoms with Crippen LogP contribution in [0.3, 0.4) is 0 Å². The molecule has 0 unspecified atom stereocenters. The molecule has 0 bridgehead atoms.